The highest BCUT2D eigenvalue weighted by Crippen LogP contribution is 2.19. The van der Waals surface area contributed by atoms with Crippen LogP contribution in [0, 0.1) is 0 Å². The Kier molecular flexibility index (Phi) is 5.56. The van der Waals surface area contributed by atoms with Crippen molar-refractivity contribution in [1.82, 2.24) is 4.98 Å². The van der Waals surface area contributed by atoms with Crippen LogP contribution < -0.4 is 15.8 Å². The molecule has 16 heavy (non-hydrogen) atoms. The third kappa shape index (κ3) is 4.02. The van der Waals surface area contributed by atoms with E-state index in [-0.39, 0.29) is 0 Å². The predicted molar refractivity (Wildman–Crippen MR) is 71.2 cm³/mol. The van der Waals surface area contributed by atoms with Crippen molar-refractivity contribution in [3.05, 3.63) is 24.8 Å². The first-order valence-electron chi connectivity index (χ1n) is 5.01. The normalized spacial score (nSPS) is 9.81. The minimum atomic E-state index is 0.462. The minimum absolute atomic E-state index is 0.462. The second-order valence-corrected chi connectivity index (χ2v) is 4.24. The van der Waals surface area contributed by atoms with Crippen molar-refractivity contribution in [3.63, 3.8) is 0 Å². The Morgan fingerprint density at radius 3 is 3.12 bits per heavy atom. The maximum Gasteiger partial charge on any atom is 0.238 e. The third-order valence-electron chi connectivity index (χ3n) is 1.87. The largest absolute Gasteiger partial charge is 0.479 e. The molecule has 0 aromatic carbocycles. The number of nitrogens with zero attached hydrogens (tertiary/aromatic N) is 1. The average molecular weight is 239 g/mol. The number of ether oxygens (including phenoxy) is 1. The maximum absolute atomic E-state index is 5.66. The molecule has 3 N–H and O–H groups in total. The fraction of sp³-hybridized carbons (Fsp3) is 0.364. The molecule has 1 rings (SSSR count). The van der Waals surface area contributed by atoms with Crippen LogP contribution in [0.15, 0.2) is 24.8 Å². The number of thioether (sulfide) groups is 1. The Labute approximate surface area is 100 Å². The fourth-order valence-corrected chi connectivity index (χ4v) is 1.71. The molecule has 0 radical (unpaired) electrons. The van der Waals surface area contributed by atoms with Crippen molar-refractivity contribution < 1.29 is 4.74 Å². The van der Waals surface area contributed by atoms with E-state index in [0.717, 1.165) is 23.9 Å². The van der Waals surface area contributed by atoms with Crippen LogP contribution in [0.4, 0.5) is 11.5 Å². The van der Waals surface area contributed by atoms with E-state index in [1.165, 1.54) is 0 Å². The van der Waals surface area contributed by atoms with Crippen LogP contribution in [0.1, 0.15) is 0 Å². The molecule has 0 atom stereocenters. The standard InChI is InChI=1S/C11H17N3OS/c1-3-7-16-8-6-13-10-5-4-9(12)11(14-10)15-2/h3-5H,1,6-8,12H2,2H3,(H,13,14). The first-order chi connectivity index (χ1) is 7.77. The lowest BCUT2D eigenvalue weighted by atomic mass is 10.4. The lowest BCUT2D eigenvalue weighted by Gasteiger charge is -2.08. The number of nitrogens with two attached hydrogens (primary N) is 1. The second-order valence-electron chi connectivity index (χ2n) is 3.09. The monoisotopic (exact) mass is 239 g/mol. The molecule has 0 aliphatic carbocycles. The van der Waals surface area contributed by atoms with Crippen LogP contribution in [0.25, 0.3) is 0 Å². The van der Waals surface area contributed by atoms with E-state index in [2.05, 4.69) is 16.9 Å². The van der Waals surface area contributed by atoms with E-state index in [9.17, 15) is 0 Å². The molecule has 88 valence electrons. The Bertz CT molecular complexity index is 344. The number of hydrogen-bond donors (Lipinski definition) is 2. The number of nitrogens with one attached hydrogen (secondary N) is 1. The zero-order chi connectivity index (χ0) is 11.8. The quantitative estimate of drug-likeness (QED) is 0.563. The van der Waals surface area contributed by atoms with Gasteiger partial charge in [0.2, 0.25) is 5.88 Å². The van der Waals surface area contributed by atoms with E-state index >= 15 is 0 Å². The molecule has 0 spiro atoms. The zero-order valence-electron chi connectivity index (χ0n) is 9.40. The summed E-state index contributed by atoms with van der Waals surface area (Å²) in [6.07, 6.45) is 1.90. The highest BCUT2D eigenvalue weighted by atomic mass is 32.2. The van der Waals surface area contributed by atoms with Gasteiger partial charge < -0.3 is 15.8 Å². The summed E-state index contributed by atoms with van der Waals surface area (Å²) in [5.41, 5.74) is 6.21. The molecular formula is C11H17N3OS. The van der Waals surface area contributed by atoms with Crippen LogP contribution in [0.3, 0.4) is 0 Å². The Hall–Kier alpha value is -1.36. The molecule has 1 aromatic heterocycles. The Balaban J connectivity index is 2.39. The number of nitrogen functional groups attached to an aromatic ring is 1. The summed E-state index contributed by atoms with van der Waals surface area (Å²) < 4.78 is 5.04. The highest BCUT2D eigenvalue weighted by Gasteiger charge is 2.01. The summed E-state index contributed by atoms with van der Waals surface area (Å²) in [5.74, 6) is 3.23. The van der Waals surface area contributed by atoms with E-state index in [4.69, 9.17) is 10.5 Å². The van der Waals surface area contributed by atoms with Crippen molar-refractivity contribution >= 4 is 23.3 Å². The molecule has 0 fully saturated rings. The lowest BCUT2D eigenvalue weighted by molar-refractivity contribution is 0.401. The number of pyridine rings is 1. The summed E-state index contributed by atoms with van der Waals surface area (Å²) in [5, 5.41) is 3.20. The van der Waals surface area contributed by atoms with Gasteiger partial charge in [0, 0.05) is 18.1 Å². The van der Waals surface area contributed by atoms with Crippen LogP contribution in [0.2, 0.25) is 0 Å². The van der Waals surface area contributed by atoms with Crippen LogP contribution in [-0.4, -0.2) is 30.1 Å². The van der Waals surface area contributed by atoms with E-state index in [1.807, 2.05) is 23.9 Å². The molecule has 0 unspecified atom stereocenters. The number of rotatable bonds is 7. The molecule has 0 saturated carbocycles. The summed E-state index contributed by atoms with van der Waals surface area (Å²) >= 11 is 1.82. The maximum atomic E-state index is 5.66. The zero-order valence-corrected chi connectivity index (χ0v) is 10.2. The van der Waals surface area contributed by atoms with Gasteiger partial charge in [-0.3, -0.25) is 0 Å². The Morgan fingerprint density at radius 1 is 1.62 bits per heavy atom. The molecule has 0 aliphatic rings. The Morgan fingerprint density at radius 2 is 2.44 bits per heavy atom. The predicted octanol–water partition coefficient (Wildman–Crippen LogP) is 2.00. The van der Waals surface area contributed by atoms with Gasteiger partial charge in [-0.05, 0) is 12.1 Å². The lowest BCUT2D eigenvalue weighted by Crippen LogP contribution is -2.07. The summed E-state index contributed by atoms with van der Waals surface area (Å²) in [6.45, 7) is 4.52. The molecule has 1 aromatic rings. The number of hydrogen-bond acceptors (Lipinski definition) is 5. The summed E-state index contributed by atoms with van der Waals surface area (Å²) in [7, 11) is 1.56. The van der Waals surface area contributed by atoms with Crippen molar-refractivity contribution in [1.29, 1.82) is 0 Å². The molecule has 0 saturated heterocycles. The summed E-state index contributed by atoms with van der Waals surface area (Å²) in [4.78, 5) is 4.22. The van der Waals surface area contributed by atoms with Gasteiger partial charge in [-0.15, -0.1) is 6.58 Å². The van der Waals surface area contributed by atoms with Gasteiger partial charge in [-0.25, -0.2) is 0 Å². The molecular weight excluding hydrogens is 222 g/mol. The molecule has 5 heteroatoms. The van der Waals surface area contributed by atoms with Crippen LogP contribution in [-0.2, 0) is 0 Å². The smallest absolute Gasteiger partial charge is 0.238 e. The SMILES string of the molecule is C=CCSCCNc1ccc(N)c(OC)n1. The highest BCUT2D eigenvalue weighted by molar-refractivity contribution is 7.99. The molecule has 4 nitrogen and oxygen atoms in total. The van der Waals surface area contributed by atoms with Crippen molar-refractivity contribution in [2.24, 2.45) is 0 Å². The van der Waals surface area contributed by atoms with Crippen LogP contribution >= 0.6 is 11.8 Å². The third-order valence-corrected chi connectivity index (χ3v) is 2.84. The van der Waals surface area contributed by atoms with Gasteiger partial charge >= 0.3 is 0 Å². The first kappa shape index (κ1) is 12.7. The van der Waals surface area contributed by atoms with Gasteiger partial charge in [0.1, 0.15) is 5.82 Å². The topological polar surface area (TPSA) is 60.2 Å². The fourth-order valence-electron chi connectivity index (χ4n) is 1.13. The number of methoxy groups -OCH3 is 1. The van der Waals surface area contributed by atoms with E-state index in [1.54, 1.807) is 13.2 Å². The van der Waals surface area contributed by atoms with Gasteiger partial charge in [0.05, 0.1) is 12.8 Å². The van der Waals surface area contributed by atoms with E-state index in [0.29, 0.717) is 11.6 Å². The molecule has 1 heterocycles. The van der Waals surface area contributed by atoms with Gasteiger partial charge in [0.25, 0.3) is 0 Å². The number of aromatic nitrogens is 1. The average Bonchev–Trinajstić information content (AvgIpc) is 2.31. The minimum Gasteiger partial charge on any atom is -0.479 e. The van der Waals surface area contributed by atoms with Crippen molar-refractivity contribution in [3.8, 4) is 5.88 Å². The first-order valence-corrected chi connectivity index (χ1v) is 6.16. The van der Waals surface area contributed by atoms with Gasteiger partial charge in [0.15, 0.2) is 0 Å². The van der Waals surface area contributed by atoms with E-state index < -0.39 is 0 Å². The molecule has 0 aliphatic heterocycles. The van der Waals surface area contributed by atoms with Crippen LogP contribution in [0.5, 0.6) is 5.88 Å². The van der Waals surface area contributed by atoms with Crippen molar-refractivity contribution in [2.75, 3.05) is 36.2 Å². The van der Waals surface area contributed by atoms with Gasteiger partial charge in [-0.1, -0.05) is 6.08 Å². The summed E-state index contributed by atoms with van der Waals surface area (Å²) in [6, 6.07) is 3.63. The molecule has 0 amide bonds. The molecule has 0 bridgehead atoms. The second kappa shape index (κ2) is 7.00. The number of anilines is 2. The van der Waals surface area contributed by atoms with Gasteiger partial charge in [-0.2, -0.15) is 16.7 Å². The van der Waals surface area contributed by atoms with Crippen molar-refractivity contribution in [2.45, 2.75) is 0 Å².